The first-order valence-electron chi connectivity index (χ1n) is 3.22. The van der Waals surface area contributed by atoms with Crippen LogP contribution in [0.4, 0.5) is 0 Å². The maximum absolute atomic E-state index is 8.52. The molecule has 9 heavy (non-hydrogen) atoms. The fourth-order valence-corrected chi connectivity index (χ4v) is 1.47. The van der Waals surface area contributed by atoms with E-state index in [2.05, 4.69) is 19.2 Å². The molecule has 1 aliphatic heterocycles. The second kappa shape index (κ2) is 1.30. The monoisotopic (exact) mass is 120 g/mol. The molecule has 0 aromatic rings. The third kappa shape index (κ3) is 0.491. The van der Waals surface area contributed by atoms with E-state index in [9.17, 15) is 0 Å². The molecule has 1 fully saturated rings. The zero-order valence-corrected chi connectivity index (χ0v) is 5.33. The van der Waals surface area contributed by atoms with E-state index in [0.717, 1.165) is 6.54 Å². The van der Waals surface area contributed by atoms with E-state index < -0.39 is 0 Å². The van der Waals surface area contributed by atoms with Crippen LogP contribution in [0.15, 0.2) is 11.8 Å². The molecule has 0 amide bonds. The van der Waals surface area contributed by atoms with Crippen molar-refractivity contribution in [2.75, 3.05) is 6.54 Å². The Bertz CT molecular complexity index is 211. The summed E-state index contributed by atoms with van der Waals surface area (Å²) in [6, 6.07) is 0. The zero-order valence-electron chi connectivity index (χ0n) is 5.33. The molecule has 0 bridgehead atoms. The molecule has 2 nitrogen and oxygen atoms in total. The molecule has 0 saturated carbocycles. The SMILES string of the molecule is C[C@@H]1CN(C#N)C2=C[C@@H]21. The van der Waals surface area contributed by atoms with Crippen molar-refractivity contribution in [2.24, 2.45) is 11.8 Å². The molecule has 0 spiro atoms. The highest BCUT2D eigenvalue weighted by molar-refractivity contribution is 5.35. The highest BCUT2D eigenvalue weighted by atomic mass is 15.2. The number of rotatable bonds is 0. The third-order valence-corrected chi connectivity index (χ3v) is 2.10. The van der Waals surface area contributed by atoms with Crippen LogP contribution in [-0.4, -0.2) is 11.4 Å². The summed E-state index contributed by atoms with van der Waals surface area (Å²) in [6.07, 6.45) is 4.31. The van der Waals surface area contributed by atoms with Gasteiger partial charge in [-0.25, -0.2) is 0 Å². The molecule has 0 aromatic carbocycles. The van der Waals surface area contributed by atoms with Gasteiger partial charge in [-0.1, -0.05) is 13.0 Å². The predicted molar refractivity (Wildman–Crippen MR) is 33.1 cm³/mol. The lowest BCUT2D eigenvalue weighted by atomic mass is 10.1. The molecule has 46 valence electrons. The number of likely N-dealkylation sites (tertiary alicyclic amines) is 1. The number of nitrogens with zero attached hydrogens (tertiary/aromatic N) is 2. The topological polar surface area (TPSA) is 27.0 Å². The number of nitriles is 1. The summed E-state index contributed by atoms with van der Waals surface area (Å²) < 4.78 is 0. The zero-order chi connectivity index (χ0) is 6.43. The van der Waals surface area contributed by atoms with Crippen molar-refractivity contribution in [3.8, 4) is 6.19 Å². The van der Waals surface area contributed by atoms with Gasteiger partial charge in [-0.15, -0.1) is 0 Å². The highest BCUT2D eigenvalue weighted by Crippen LogP contribution is 2.44. The van der Waals surface area contributed by atoms with Gasteiger partial charge in [-0.05, 0) is 5.92 Å². The fraction of sp³-hybridized carbons (Fsp3) is 0.571. The summed E-state index contributed by atoms with van der Waals surface area (Å²) in [5, 5.41) is 8.52. The smallest absolute Gasteiger partial charge is 0.183 e. The van der Waals surface area contributed by atoms with Crippen LogP contribution in [0.5, 0.6) is 0 Å². The lowest BCUT2D eigenvalue weighted by Crippen LogP contribution is -2.11. The summed E-state index contributed by atoms with van der Waals surface area (Å²) >= 11 is 0. The maximum atomic E-state index is 8.52. The summed E-state index contributed by atoms with van der Waals surface area (Å²) in [5.74, 6) is 1.34. The van der Waals surface area contributed by atoms with Crippen LogP contribution >= 0.6 is 0 Å². The van der Waals surface area contributed by atoms with E-state index in [0.29, 0.717) is 11.8 Å². The van der Waals surface area contributed by atoms with Gasteiger partial charge >= 0.3 is 0 Å². The van der Waals surface area contributed by atoms with Crippen LogP contribution in [0, 0.1) is 23.3 Å². The Balaban J connectivity index is 2.17. The van der Waals surface area contributed by atoms with Crippen molar-refractivity contribution in [3.63, 3.8) is 0 Å². The van der Waals surface area contributed by atoms with E-state index in [1.807, 2.05) is 0 Å². The first-order valence-corrected chi connectivity index (χ1v) is 3.22. The minimum Gasteiger partial charge on any atom is -0.283 e. The summed E-state index contributed by atoms with van der Waals surface area (Å²) in [6.45, 7) is 3.12. The Hall–Kier alpha value is -0.970. The van der Waals surface area contributed by atoms with E-state index in [1.165, 1.54) is 5.70 Å². The van der Waals surface area contributed by atoms with Gasteiger partial charge in [0.15, 0.2) is 6.19 Å². The fourth-order valence-electron chi connectivity index (χ4n) is 1.47. The Morgan fingerprint density at radius 2 is 2.67 bits per heavy atom. The molecule has 2 atom stereocenters. The lowest BCUT2D eigenvalue weighted by Gasteiger charge is -2.04. The summed E-state index contributed by atoms with van der Waals surface area (Å²) in [4.78, 5) is 1.79. The van der Waals surface area contributed by atoms with Gasteiger partial charge in [0.05, 0.1) is 0 Å². The number of allylic oxidation sites excluding steroid dienone is 2. The first-order chi connectivity index (χ1) is 4.33. The minimum atomic E-state index is 0.657. The molecule has 1 aliphatic carbocycles. The summed E-state index contributed by atoms with van der Waals surface area (Å²) in [5.41, 5.74) is 1.25. The molecule has 0 radical (unpaired) electrons. The van der Waals surface area contributed by atoms with Crippen LogP contribution in [0.25, 0.3) is 0 Å². The first kappa shape index (κ1) is 4.87. The van der Waals surface area contributed by atoms with Gasteiger partial charge < -0.3 is 0 Å². The van der Waals surface area contributed by atoms with E-state index in [4.69, 9.17) is 5.26 Å². The largest absolute Gasteiger partial charge is 0.283 e. The van der Waals surface area contributed by atoms with Crippen molar-refractivity contribution in [3.05, 3.63) is 11.8 Å². The van der Waals surface area contributed by atoms with Crippen molar-refractivity contribution in [1.82, 2.24) is 4.90 Å². The van der Waals surface area contributed by atoms with Crippen molar-refractivity contribution < 1.29 is 0 Å². The van der Waals surface area contributed by atoms with Crippen molar-refractivity contribution >= 4 is 0 Å². The maximum Gasteiger partial charge on any atom is 0.183 e. The summed E-state index contributed by atoms with van der Waals surface area (Å²) in [7, 11) is 0. The van der Waals surface area contributed by atoms with Crippen molar-refractivity contribution in [2.45, 2.75) is 6.92 Å². The third-order valence-electron chi connectivity index (χ3n) is 2.10. The average molecular weight is 120 g/mol. The second-order valence-corrected chi connectivity index (χ2v) is 2.81. The molecule has 2 heteroatoms. The second-order valence-electron chi connectivity index (χ2n) is 2.81. The predicted octanol–water partition coefficient (Wildman–Crippen LogP) is 0.933. The lowest BCUT2D eigenvalue weighted by molar-refractivity contribution is 0.481. The highest BCUT2D eigenvalue weighted by Gasteiger charge is 2.42. The Kier molecular flexibility index (Phi) is 0.702. The molecular weight excluding hydrogens is 112 g/mol. The van der Waals surface area contributed by atoms with Crippen LogP contribution in [-0.2, 0) is 0 Å². The van der Waals surface area contributed by atoms with E-state index in [1.54, 1.807) is 4.90 Å². The Labute approximate surface area is 54.4 Å². The van der Waals surface area contributed by atoms with Crippen LogP contribution < -0.4 is 0 Å². The van der Waals surface area contributed by atoms with Gasteiger partial charge in [0, 0.05) is 18.2 Å². The van der Waals surface area contributed by atoms with Gasteiger partial charge in [-0.2, -0.15) is 5.26 Å². The molecule has 0 aromatic heterocycles. The van der Waals surface area contributed by atoms with Crippen LogP contribution in [0.2, 0.25) is 0 Å². The molecule has 0 unspecified atom stereocenters. The normalized spacial score (nSPS) is 37.3. The van der Waals surface area contributed by atoms with Gasteiger partial charge in [-0.3, -0.25) is 4.90 Å². The average Bonchev–Trinajstić information content (AvgIpc) is 2.56. The van der Waals surface area contributed by atoms with E-state index >= 15 is 0 Å². The number of hydrogen-bond donors (Lipinski definition) is 0. The standard InChI is InChI=1S/C7H8N2/c1-5-3-9(4-8)7-2-6(5)7/h2,5-6H,3H2,1H3/t5-,6-/m1/s1. The minimum absolute atomic E-state index is 0.657. The van der Waals surface area contributed by atoms with E-state index in [-0.39, 0.29) is 0 Å². The van der Waals surface area contributed by atoms with Crippen molar-refractivity contribution in [1.29, 1.82) is 5.26 Å². The van der Waals surface area contributed by atoms with Gasteiger partial charge in [0.1, 0.15) is 0 Å². The van der Waals surface area contributed by atoms with Gasteiger partial charge in [0.2, 0.25) is 0 Å². The molecule has 0 N–H and O–H groups in total. The quantitative estimate of drug-likeness (QED) is 0.445. The molecule has 1 heterocycles. The molecular formula is C7H8N2. The number of fused-ring (bicyclic) bond motifs is 1. The van der Waals surface area contributed by atoms with Crippen LogP contribution in [0.1, 0.15) is 6.92 Å². The number of hydrogen-bond acceptors (Lipinski definition) is 2. The Morgan fingerprint density at radius 3 is 2.89 bits per heavy atom. The van der Waals surface area contributed by atoms with Gasteiger partial charge in [0.25, 0.3) is 0 Å². The molecule has 2 aliphatic rings. The van der Waals surface area contributed by atoms with Crippen LogP contribution in [0.3, 0.4) is 0 Å². The Morgan fingerprint density at radius 1 is 1.89 bits per heavy atom. The molecule has 2 rings (SSSR count). The molecule has 1 saturated heterocycles.